The zero-order chi connectivity index (χ0) is 20.9. The molecule has 0 atom stereocenters. The molecule has 164 valence electrons. The third-order valence-corrected chi connectivity index (χ3v) is 9.36. The number of piperazine rings is 1. The van der Waals surface area contributed by atoms with Gasteiger partial charge in [-0.15, -0.1) is 11.3 Å². The van der Waals surface area contributed by atoms with Gasteiger partial charge in [0, 0.05) is 52.2 Å². The Labute approximate surface area is 183 Å². The maximum atomic E-state index is 12.6. The first-order valence-corrected chi connectivity index (χ1v) is 12.9. The molecular weight excluding hydrogens is 432 g/mol. The maximum Gasteiger partial charge on any atom is 0.252 e. The van der Waals surface area contributed by atoms with Crippen LogP contribution in [0.15, 0.2) is 16.3 Å². The number of thiophene rings is 1. The number of nitrogens with zero attached hydrogens (tertiary/aromatic N) is 3. The van der Waals surface area contributed by atoms with E-state index in [-0.39, 0.29) is 11.8 Å². The first-order chi connectivity index (χ1) is 13.8. The van der Waals surface area contributed by atoms with E-state index < -0.39 is 10.0 Å². The van der Waals surface area contributed by atoms with Crippen molar-refractivity contribution in [2.45, 2.75) is 29.9 Å². The number of amides is 1. The molecule has 2 saturated heterocycles. The molecule has 10 heteroatoms. The molecule has 7 nitrogen and oxygen atoms in total. The molecule has 0 unspecified atom stereocenters. The second kappa shape index (κ2) is 10.5. The van der Waals surface area contributed by atoms with Crippen molar-refractivity contribution >= 4 is 38.9 Å². The van der Waals surface area contributed by atoms with Gasteiger partial charge in [0.1, 0.15) is 4.21 Å². The van der Waals surface area contributed by atoms with Crippen molar-refractivity contribution < 1.29 is 13.2 Å². The molecule has 0 bridgehead atoms. The molecule has 0 aromatic carbocycles. The number of hydrogen-bond acceptors (Lipinski definition) is 6. The third-order valence-electron chi connectivity index (χ3n) is 5.76. The summed E-state index contributed by atoms with van der Waals surface area (Å²) in [7, 11) is -1.32. The highest BCUT2D eigenvalue weighted by Crippen LogP contribution is 2.31. The molecule has 29 heavy (non-hydrogen) atoms. The number of carbonyl (C=O) groups excluding carboxylic acids is 1. The average molecular weight is 463 g/mol. The lowest BCUT2D eigenvalue weighted by atomic mass is 9.94. The van der Waals surface area contributed by atoms with Crippen LogP contribution in [0.5, 0.6) is 0 Å². The van der Waals surface area contributed by atoms with E-state index in [1.807, 2.05) is 0 Å². The standard InChI is InChI=1S/C19H31ClN4O3S2/c1-22-11-13-23(14-12-22)8-2-7-21-18(25)15-16-5-9-24(10-6-16)29(26,27)19-4-3-17(20)28-19/h3-4,16H,2,5-15H2,1H3,(H,21,25). The molecule has 1 aromatic rings. The average Bonchev–Trinajstić information content (AvgIpc) is 3.14. The fourth-order valence-electron chi connectivity index (χ4n) is 3.85. The highest BCUT2D eigenvalue weighted by molar-refractivity contribution is 7.91. The van der Waals surface area contributed by atoms with E-state index in [0.717, 1.165) is 50.5 Å². The van der Waals surface area contributed by atoms with Gasteiger partial charge in [0.25, 0.3) is 10.0 Å². The Hall–Kier alpha value is -0.710. The van der Waals surface area contributed by atoms with Gasteiger partial charge in [-0.3, -0.25) is 4.79 Å². The van der Waals surface area contributed by atoms with Gasteiger partial charge < -0.3 is 15.1 Å². The lowest BCUT2D eigenvalue weighted by molar-refractivity contribution is -0.122. The van der Waals surface area contributed by atoms with E-state index in [4.69, 9.17) is 11.6 Å². The molecule has 2 fully saturated rings. The summed E-state index contributed by atoms with van der Waals surface area (Å²) in [6, 6.07) is 3.17. The summed E-state index contributed by atoms with van der Waals surface area (Å²) in [5, 5.41) is 3.03. The number of sulfonamides is 1. The summed E-state index contributed by atoms with van der Waals surface area (Å²) in [5.74, 6) is 0.320. The van der Waals surface area contributed by atoms with Crippen molar-refractivity contribution in [1.29, 1.82) is 0 Å². The van der Waals surface area contributed by atoms with Crippen LogP contribution in [0.4, 0.5) is 0 Å². The number of likely N-dealkylation sites (N-methyl/N-ethyl adjacent to an activating group) is 1. The second-order valence-corrected chi connectivity index (χ2v) is 11.8. The topological polar surface area (TPSA) is 73.0 Å². The van der Waals surface area contributed by atoms with Gasteiger partial charge in [-0.05, 0) is 50.9 Å². The highest BCUT2D eigenvalue weighted by atomic mass is 35.5. The Bertz CT molecular complexity index is 770. The Balaban J connectivity index is 1.32. The predicted octanol–water partition coefficient (Wildman–Crippen LogP) is 1.95. The van der Waals surface area contributed by atoms with Crippen LogP contribution in [0.25, 0.3) is 0 Å². The zero-order valence-corrected chi connectivity index (χ0v) is 19.4. The third kappa shape index (κ3) is 6.63. The minimum Gasteiger partial charge on any atom is -0.356 e. The molecule has 3 heterocycles. The summed E-state index contributed by atoms with van der Waals surface area (Å²) >= 11 is 6.96. The number of nitrogens with one attached hydrogen (secondary N) is 1. The number of carbonyl (C=O) groups is 1. The smallest absolute Gasteiger partial charge is 0.252 e. The maximum absolute atomic E-state index is 12.6. The number of rotatable bonds is 8. The minimum atomic E-state index is -3.47. The van der Waals surface area contributed by atoms with Crippen molar-refractivity contribution in [2.24, 2.45) is 5.92 Å². The van der Waals surface area contributed by atoms with Crippen LogP contribution < -0.4 is 5.32 Å². The molecule has 2 aliphatic rings. The monoisotopic (exact) mass is 462 g/mol. The van der Waals surface area contributed by atoms with Crippen LogP contribution in [0.3, 0.4) is 0 Å². The summed E-state index contributed by atoms with van der Waals surface area (Å²) in [5.41, 5.74) is 0. The van der Waals surface area contributed by atoms with E-state index in [1.165, 1.54) is 4.31 Å². The molecule has 2 aliphatic heterocycles. The van der Waals surface area contributed by atoms with E-state index >= 15 is 0 Å². The molecular formula is C19H31ClN4O3S2. The van der Waals surface area contributed by atoms with Gasteiger partial charge in [0.15, 0.2) is 0 Å². The SMILES string of the molecule is CN1CCN(CCCNC(=O)CC2CCN(S(=O)(=O)c3ccc(Cl)s3)CC2)CC1. The number of piperidine rings is 1. The number of hydrogen-bond donors (Lipinski definition) is 1. The lowest BCUT2D eigenvalue weighted by Gasteiger charge is -2.32. The van der Waals surface area contributed by atoms with Gasteiger partial charge >= 0.3 is 0 Å². The van der Waals surface area contributed by atoms with Gasteiger partial charge in [-0.1, -0.05) is 11.6 Å². The summed E-state index contributed by atoms with van der Waals surface area (Å²) < 4.78 is 27.6. The minimum absolute atomic E-state index is 0.0784. The van der Waals surface area contributed by atoms with Crippen molar-refractivity contribution in [3.05, 3.63) is 16.5 Å². The van der Waals surface area contributed by atoms with Crippen molar-refractivity contribution in [3.8, 4) is 0 Å². The van der Waals surface area contributed by atoms with E-state index in [0.29, 0.717) is 47.4 Å². The zero-order valence-electron chi connectivity index (χ0n) is 17.0. The van der Waals surface area contributed by atoms with Crippen LogP contribution in [-0.2, 0) is 14.8 Å². The largest absolute Gasteiger partial charge is 0.356 e. The molecule has 0 saturated carbocycles. The van der Waals surface area contributed by atoms with Gasteiger partial charge in [-0.25, -0.2) is 8.42 Å². The molecule has 1 amide bonds. The Morgan fingerprint density at radius 3 is 2.48 bits per heavy atom. The first-order valence-electron chi connectivity index (χ1n) is 10.3. The van der Waals surface area contributed by atoms with Crippen LogP contribution in [0, 0.1) is 5.92 Å². The normalized spacial score (nSPS) is 20.8. The van der Waals surface area contributed by atoms with E-state index in [2.05, 4.69) is 22.2 Å². The van der Waals surface area contributed by atoms with Gasteiger partial charge in [0.05, 0.1) is 4.34 Å². The lowest BCUT2D eigenvalue weighted by Crippen LogP contribution is -2.45. The quantitative estimate of drug-likeness (QED) is 0.598. The van der Waals surface area contributed by atoms with Crippen molar-refractivity contribution in [2.75, 3.05) is 59.4 Å². The molecule has 0 radical (unpaired) electrons. The summed E-state index contributed by atoms with van der Waals surface area (Å²) in [6.07, 6.45) is 2.88. The highest BCUT2D eigenvalue weighted by Gasteiger charge is 2.31. The van der Waals surface area contributed by atoms with Gasteiger partial charge in [0.2, 0.25) is 5.91 Å². The fourth-order valence-corrected chi connectivity index (χ4v) is 6.96. The fraction of sp³-hybridized carbons (Fsp3) is 0.737. The van der Waals surface area contributed by atoms with Crippen molar-refractivity contribution in [1.82, 2.24) is 19.4 Å². The van der Waals surface area contributed by atoms with E-state index in [9.17, 15) is 13.2 Å². The first kappa shape index (κ1) is 23.0. The van der Waals surface area contributed by atoms with Crippen molar-refractivity contribution in [3.63, 3.8) is 0 Å². The molecule has 0 spiro atoms. The molecule has 1 N–H and O–H groups in total. The second-order valence-electron chi connectivity index (χ2n) is 7.96. The summed E-state index contributed by atoms with van der Waals surface area (Å²) in [4.78, 5) is 17.0. The Morgan fingerprint density at radius 1 is 1.17 bits per heavy atom. The molecule has 3 rings (SSSR count). The molecule has 0 aliphatic carbocycles. The van der Waals surface area contributed by atoms with Crippen LogP contribution >= 0.6 is 22.9 Å². The Morgan fingerprint density at radius 2 is 1.86 bits per heavy atom. The molecule has 1 aromatic heterocycles. The van der Waals surface area contributed by atoms with Gasteiger partial charge in [-0.2, -0.15) is 4.31 Å². The van der Waals surface area contributed by atoms with Crippen LogP contribution in [0.1, 0.15) is 25.7 Å². The van der Waals surface area contributed by atoms with Crippen LogP contribution in [0.2, 0.25) is 4.34 Å². The Kier molecular flexibility index (Phi) is 8.35. The van der Waals surface area contributed by atoms with E-state index in [1.54, 1.807) is 12.1 Å². The van der Waals surface area contributed by atoms with Crippen LogP contribution in [-0.4, -0.2) is 87.8 Å². The summed E-state index contributed by atoms with van der Waals surface area (Å²) in [6.45, 7) is 7.07. The predicted molar refractivity (Wildman–Crippen MR) is 117 cm³/mol. The number of halogens is 1.